The zero-order chi connectivity index (χ0) is 26.3. The highest BCUT2D eigenvalue weighted by Crippen LogP contribution is 2.30. The number of carbonyl (C=O) groups excluding carboxylic acids is 2. The Morgan fingerprint density at radius 1 is 1.05 bits per heavy atom. The van der Waals surface area contributed by atoms with Gasteiger partial charge in [0.1, 0.15) is 10.1 Å². The lowest BCUT2D eigenvalue weighted by Gasteiger charge is -2.11. The summed E-state index contributed by atoms with van der Waals surface area (Å²) in [4.78, 5) is 24.5. The van der Waals surface area contributed by atoms with Crippen LogP contribution in [0, 0.1) is 0 Å². The molecule has 12 heteroatoms. The maximum Gasteiger partial charge on any atom is 0.339 e. The summed E-state index contributed by atoms with van der Waals surface area (Å²) < 4.78 is 35.5. The van der Waals surface area contributed by atoms with Gasteiger partial charge in [0.25, 0.3) is 0 Å². The zero-order valence-electron chi connectivity index (χ0n) is 19.5. The first-order valence-electron chi connectivity index (χ1n) is 10.9. The third-order valence-corrected chi connectivity index (χ3v) is 7.30. The lowest BCUT2D eigenvalue weighted by molar-refractivity contribution is -0.122. The molecular formula is C25H22N4O6S2. The van der Waals surface area contributed by atoms with Crippen LogP contribution in [0.1, 0.15) is 12.0 Å². The molecule has 1 aliphatic heterocycles. The van der Waals surface area contributed by atoms with Crippen molar-refractivity contribution < 1.29 is 26.9 Å². The molecule has 3 aromatic carbocycles. The number of hydrogen-bond donors (Lipinski definition) is 2. The van der Waals surface area contributed by atoms with E-state index in [-0.39, 0.29) is 39.8 Å². The average molecular weight is 539 g/mol. The quantitative estimate of drug-likeness (QED) is 0.242. The van der Waals surface area contributed by atoms with Crippen molar-refractivity contribution in [3.63, 3.8) is 0 Å². The molecule has 4 rings (SSSR count). The van der Waals surface area contributed by atoms with E-state index in [2.05, 4.69) is 20.8 Å². The summed E-state index contributed by atoms with van der Waals surface area (Å²) in [6.07, 6.45) is 1.39. The molecule has 1 fully saturated rings. The fourth-order valence-corrected chi connectivity index (χ4v) is 5.11. The molecule has 2 N–H and O–H groups in total. The van der Waals surface area contributed by atoms with Gasteiger partial charge in [-0.1, -0.05) is 48.2 Å². The minimum Gasteiger partial charge on any atom is -0.493 e. The molecule has 10 nitrogen and oxygen atoms in total. The van der Waals surface area contributed by atoms with Crippen molar-refractivity contribution in [1.29, 1.82) is 0 Å². The Hall–Kier alpha value is -4.16. The first-order chi connectivity index (χ1) is 17.8. The Kier molecular flexibility index (Phi) is 8.21. The van der Waals surface area contributed by atoms with E-state index in [0.29, 0.717) is 11.3 Å². The Bertz CT molecular complexity index is 1440. The molecule has 2 amide bonds. The van der Waals surface area contributed by atoms with Crippen molar-refractivity contribution >= 4 is 50.8 Å². The van der Waals surface area contributed by atoms with Crippen LogP contribution in [-0.4, -0.2) is 44.0 Å². The van der Waals surface area contributed by atoms with Gasteiger partial charge in [0.2, 0.25) is 11.8 Å². The number of thioether (sulfide) groups is 1. The van der Waals surface area contributed by atoms with E-state index < -0.39 is 15.4 Å². The third kappa shape index (κ3) is 6.96. The Morgan fingerprint density at radius 2 is 1.76 bits per heavy atom. The Morgan fingerprint density at radius 3 is 2.46 bits per heavy atom. The SMILES string of the molecule is COc1cc(C=NN=C2NC(=O)C(CC(=O)Nc3ccccc3)S2)ccc1OS(=O)(=O)c1ccccc1. The minimum atomic E-state index is -4.03. The van der Waals surface area contributed by atoms with Crippen LogP contribution in [0.3, 0.4) is 0 Å². The molecule has 1 aliphatic rings. The van der Waals surface area contributed by atoms with Crippen LogP contribution in [0.4, 0.5) is 5.69 Å². The predicted molar refractivity (Wildman–Crippen MR) is 141 cm³/mol. The fraction of sp³-hybridized carbons (Fsp3) is 0.120. The molecule has 37 heavy (non-hydrogen) atoms. The number of benzene rings is 3. The number of carbonyl (C=O) groups is 2. The van der Waals surface area contributed by atoms with Gasteiger partial charge in [-0.2, -0.15) is 13.5 Å². The molecule has 1 unspecified atom stereocenters. The number of amidine groups is 1. The summed E-state index contributed by atoms with van der Waals surface area (Å²) in [5.74, 6) is -0.411. The molecule has 0 spiro atoms. The molecule has 1 atom stereocenters. The van der Waals surface area contributed by atoms with Crippen molar-refractivity contribution in [1.82, 2.24) is 5.32 Å². The number of anilines is 1. The fourth-order valence-electron chi connectivity index (χ4n) is 3.22. The van der Waals surface area contributed by atoms with Gasteiger partial charge in [-0.05, 0) is 48.0 Å². The topological polar surface area (TPSA) is 136 Å². The van der Waals surface area contributed by atoms with Gasteiger partial charge in [-0.25, -0.2) is 0 Å². The molecule has 0 bridgehead atoms. The Labute approximate surface area is 217 Å². The lowest BCUT2D eigenvalue weighted by atomic mass is 10.2. The van der Waals surface area contributed by atoms with E-state index in [1.807, 2.05) is 6.07 Å². The molecule has 3 aromatic rings. The summed E-state index contributed by atoms with van der Waals surface area (Å²) >= 11 is 1.11. The maximum atomic E-state index is 12.5. The van der Waals surface area contributed by atoms with E-state index in [1.54, 1.807) is 48.5 Å². The number of hydrogen-bond acceptors (Lipinski definition) is 9. The van der Waals surface area contributed by atoms with Gasteiger partial charge in [-0.3, -0.25) is 9.59 Å². The van der Waals surface area contributed by atoms with Crippen LogP contribution in [0.15, 0.2) is 94.0 Å². The van der Waals surface area contributed by atoms with Gasteiger partial charge in [0.05, 0.1) is 13.3 Å². The molecule has 0 radical (unpaired) electrons. The summed E-state index contributed by atoms with van der Waals surface area (Å²) in [6.45, 7) is 0. The molecule has 190 valence electrons. The normalized spacial score (nSPS) is 16.5. The van der Waals surface area contributed by atoms with Crippen molar-refractivity contribution in [2.75, 3.05) is 12.4 Å². The van der Waals surface area contributed by atoms with Gasteiger partial charge >= 0.3 is 10.1 Å². The highest BCUT2D eigenvalue weighted by Gasteiger charge is 2.32. The second-order valence-electron chi connectivity index (χ2n) is 7.62. The molecule has 0 saturated carbocycles. The Balaban J connectivity index is 1.37. The van der Waals surface area contributed by atoms with Crippen molar-refractivity contribution in [3.8, 4) is 11.5 Å². The number of amides is 2. The number of nitrogens with one attached hydrogen (secondary N) is 2. The average Bonchev–Trinajstić information content (AvgIpc) is 3.24. The first kappa shape index (κ1) is 25.9. The highest BCUT2D eigenvalue weighted by molar-refractivity contribution is 8.15. The largest absolute Gasteiger partial charge is 0.493 e. The lowest BCUT2D eigenvalue weighted by Crippen LogP contribution is -2.28. The smallest absolute Gasteiger partial charge is 0.339 e. The first-order valence-corrected chi connectivity index (χ1v) is 13.2. The molecule has 1 heterocycles. The van der Waals surface area contributed by atoms with Crippen LogP contribution in [0.25, 0.3) is 0 Å². The molecular weight excluding hydrogens is 516 g/mol. The van der Waals surface area contributed by atoms with E-state index in [1.165, 1.54) is 37.6 Å². The van der Waals surface area contributed by atoms with Gasteiger partial charge in [-0.15, -0.1) is 5.10 Å². The molecule has 1 saturated heterocycles. The monoisotopic (exact) mass is 538 g/mol. The maximum absolute atomic E-state index is 12.5. The van der Waals surface area contributed by atoms with Crippen molar-refractivity contribution in [2.24, 2.45) is 10.2 Å². The summed E-state index contributed by atoms with van der Waals surface area (Å²) in [5.41, 5.74) is 1.21. The van der Waals surface area contributed by atoms with E-state index >= 15 is 0 Å². The van der Waals surface area contributed by atoms with Crippen LogP contribution in [0.5, 0.6) is 11.5 Å². The number of ether oxygens (including phenoxy) is 1. The molecule has 0 aliphatic carbocycles. The van der Waals surface area contributed by atoms with Gasteiger partial charge < -0.3 is 19.6 Å². The number of methoxy groups -OCH3 is 1. The number of nitrogens with zero attached hydrogens (tertiary/aromatic N) is 2. The van der Waals surface area contributed by atoms with E-state index in [4.69, 9.17) is 8.92 Å². The number of para-hydroxylation sites is 1. The van der Waals surface area contributed by atoms with E-state index in [9.17, 15) is 18.0 Å². The predicted octanol–water partition coefficient (Wildman–Crippen LogP) is 3.41. The second kappa shape index (κ2) is 11.7. The zero-order valence-corrected chi connectivity index (χ0v) is 21.2. The van der Waals surface area contributed by atoms with Crippen LogP contribution >= 0.6 is 11.8 Å². The summed E-state index contributed by atoms with van der Waals surface area (Å²) in [7, 11) is -2.64. The third-order valence-electron chi connectivity index (χ3n) is 4.98. The highest BCUT2D eigenvalue weighted by atomic mass is 32.2. The number of rotatable bonds is 9. The summed E-state index contributed by atoms with van der Waals surface area (Å²) in [5, 5.41) is 13.0. The van der Waals surface area contributed by atoms with Crippen molar-refractivity contribution in [3.05, 3.63) is 84.4 Å². The molecule has 0 aromatic heterocycles. The second-order valence-corrected chi connectivity index (χ2v) is 10.4. The summed E-state index contributed by atoms with van der Waals surface area (Å²) in [6, 6.07) is 21.3. The van der Waals surface area contributed by atoms with Crippen LogP contribution < -0.4 is 19.6 Å². The van der Waals surface area contributed by atoms with Crippen LogP contribution in [-0.2, 0) is 19.7 Å². The van der Waals surface area contributed by atoms with Crippen molar-refractivity contribution in [2.45, 2.75) is 16.6 Å². The standard InChI is InChI=1S/C25H22N4O6S2/c1-34-21-14-17(12-13-20(21)35-37(32,33)19-10-6-3-7-11-19)16-26-29-25-28-24(31)22(36-25)15-23(30)27-18-8-4-2-5-9-18/h2-14,16,22H,15H2,1H3,(H,27,30)(H,28,29,31). The van der Waals surface area contributed by atoms with Gasteiger partial charge in [0.15, 0.2) is 16.7 Å². The van der Waals surface area contributed by atoms with Gasteiger partial charge in [0, 0.05) is 12.1 Å². The minimum absolute atomic E-state index is 0.0152. The van der Waals surface area contributed by atoms with Crippen LogP contribution in [0.2, 0.25) is 0 Å². The van der Waals surface area contributed by atoms with E-state index in [0.717, 1.165) is 11.8 Å².